The van der Waals surface area contributed by atoms with Gasteiger partial charge in [0.25, 0.3) is 0 Å². The van der Waals surface area contributed by atoms with Crippen LogP contribution in [0.25, 0.3) is 0 Å². The molecule has 0 aromatic heterocycles. The Hall–Kier alpha value is -1.73. The monoisotopic (exact) mass is 442 g/mol. The van der Waals surface area contributed by atoms with E-state index in [-0.39, 0.29) is 29.3 Å². The first kappa shape index (κ1) is 22.5. The van der Waals surface area contributed by atoms with Gasteiger partial charge in [0.15, 0.2) is 6.61 Å². The number of rotatable bonds is 8. The molecule has 0 spiro atoms. The van der Waals surface area contributed by atoms with E-state index in [1.807, 2.05) is 0 Å². The topological polar surface area (TPSA) is 78.9 Å². The van der Waals surface area contributed by atoms with Crippen LogP contribution in [-0.4, -0.2) is 44.2 Å². The predicted molar refractivity (Wildman–Crippen MR) is 105 cm³/mol. The number of alkyl halides is 2. The van der Waals surface area contributed by atoms with Crippen LogP contribution < -0.4 is 0 Å². The van der Waals surface area contributed by atoms with Gasteiger partial charge in [0.05, 0.1) is 19.1 Å². The van der Waals surface area contributed by atoms with Crippen molar-refractivity contribution in [1.82, 2.24) is 0 Å². The smallest absolute Gasteiger partial charge is 0.374 e. The van der Waals surface area contributed by atoms with Crippen molar-refractivity contribution in [3.05, 3.63) is 0 Å². The molecule has 5 aliphatic rings. The number of carbonyl (C=O) groups is 3. The Labute approximate surface area is 181 Å². The van der Waals surface area contributed by atoms with Crippen LogP contribution in [0.4, 0.5) is 8.78 Å². The molecule has 174 valence electrons. The molecule has 5 fully saturated rings. The number of carbonyl (C=O) groups excluding carboxylic acids is 3. The first-order valence-corrected chi connectivity index (χ1v) is 11.6. The van der Waals surface area contributed by atoms with Crippen molar-refractivity contribution in [3.8, 4) is 0 Å². The first-order valence-electron chi connectivity index (χ1n) is 11.6. The second kappa shape index (κ2) is 9.02. The fourth-order valence-corrected chi connectivity index (χ4v) is 7.14. The molecular formula is C23H32F2O6. The lowest BCUT2D eigenvalue weighted by Gasteiger charge is -2.61. The third-order valence-corrected chi connectivity index (χ3v) is 7.81. The van der Waals surface area contributed by atoms with Crippen molar-refractivity contribution in [2.24, 2.45) is 28.6 Å². The Bertz CT molecular complexity index is 688. The van der Waals surface area contributed by atoms with Gasteiger partial charge in [-0.1, -0.05) is 19.3 Å². The van der Waals surface area contributed by atoms with Crippen molar-refractivity contribution in [2.75, 3.05) is 19.8 Å². The lowest BCUT2D eigenvalue weighted by atomic mass is 9.44. The van der Waals surface area contributed by atoms with Crippen molar-refractivity contribution < 1.29 is 37.4 Å². The molecule has 0 aromatic carbocycles. The second-order valence-electron chi connectivity index (χ2n) is 10.5. The van der Waals surface area contributed by atoms with E-state index in [0.29, 0.717) is 18.4 Å². The molecule has 6 nitrogen and oxygen atoms in total. The fourth-order valence-electron chi connectivity index (χ4n) is 7.14. The number of ether oxygens (including phenoxy) is 3. The van der Waals surface area contributed by atoms with Crippen LogP contribution in [0.15, 0.2) is 0 Å². The standard InChI is InChI=1S/C23H32F2O6/c24-19(25)21(28)29-11-18(26)30-13-22-7-15-6-16(8-22)10-23(9-15,12-22)14-31-20(27)17-4-2-1-3-5-17/h15-17,19H,1-14H2. The van der Waals surface area contributed by atoms with Gasteiger partial charge in [-0.3, -0.25) is 4.79 Å². The Kier molecular flexibility index (Phi) is 6.54. The summed E-state index contributed by atoms with van der Waals surface area (Å²) in [6, 6.07) is 0. The molecule has 0 N–H and O–H groups in total. The summed E-state index contributed by atoms with van der Waals surface area (Å²) in [6.45, 7) is -0.156. The average molecular weight is 442 g/mol. The molecule has 0 aromatic rings. The molecule has 5 rings (SSSR count). The van der Waals surface area contributed by atoms with Crippen LogP contribution in [0.2, 0.25) is 0 Å². The van der Waals surface area contributed by atoms with Crippen LogP contribution in [-0.2, 0) is 28.6 Å². The van der Waals surface area contributed by atoms with Crippen molar-refractivity contribution in [2.45, 2.75) is 77.1 Å². The van der Waals surface area contributed by atoms with Crippen LogP contribution in [0.5, 0.6) is 0 Å². The van der Waals surface area contributed by atoms with Crippen molar-refractivity contribution in [1.29, 1.82) is 0 Å². The van der Waals surface area contributed by atoms with Gasteiger partial charge in [0.1, 0.15) is 0 Å². The fraction of sp³-hybridized carbons (Fsp3) is 0.870. The first-order chi connectivity index (χ1) is 14.8. The van der Waals surface area contributed by atoms with E-state index in [2.05, 4.69) is 4.74 Å². The van der Waals surface area contributed by atoms with Crippen molar-refractivity contribution in [3.63, 3.8) is 0 Å². The highest BCUT2D eigenvalue weighted by atomic mass is 19.3. The zero-order valence-corrected chi connectivity index (χ0v) is 17.9. The molecule has 2 unspecified atom stereocenters. The van der Waals surface area contributed by atoms with Gasteiger partial charge < -0.3 is 14.2 Å². The maximum absolute atomic E-state index is 12.6. The third-order valence-electron chi connectivity index (χ3n) is 7.81. The number of halogens is 2. The largest absolute Gasteiger partial charge is 0.465 e. The highest BCUT2D eigenvalue weighted by Crippen LogP contribution is 2.65. The highest BCUT2D eigenvalue weighted by molar-refractivity contribution is 5.78. The number of hydrogen-bond donors (Lipinski definition) is 0. The Balaban J connectivity index is 1.31. The van der Waals surface area contributed by atoms with Gasteiger partial charge in [-0.25, -0.2) is 9.59 Å². The van der Waals surface area contributed by atoms with E-state index >= 15 is 0 Å². The molecule has 2 atom stereocenters. The van der Waals surface area contributed by atoms with Gasteiger partial charge in [-0.2, -0.15) is 8.78 Å². The minimum Gasteiger partial charge on any atom is -0.465 e. The molecular weight excluding hydrogens is 410 g/mol. The second-order valence-corrected chi connectivity index (χ2v) is 10.5. The lowest BCUT2D eigenvalue weighted by Crippen LogP contribution is -2.55. The molecule has 0 amide bonds. The molecule has 0 saturated heterocycles. The molecule has 5 saturated carbocycles. The van der Waals surface area contributed by atoms with E-state index in [1.54, 1.807) is 0 Å². The summed E-state index contributed by atoms with van der Waals surface area (Å²) in [7, 11) is 0. The van der Waals surface area contributed by atoms with E-state index in [0.717, 1.165) is 57.8 Å². The normalized spacial score (nSPS) is 34.5. The van der Waals surface area contributed by atoms with E-state index in [1.165, 1.54) is 12.8 Å². The zero-order chi connectivity index (χ0) is 22.1. The molecule has 8 heteroatoms. The summed E-state index contributed by atoms with van der Waals surface area (Å²) >= 11 is 0. The van der Waals surface area contributed by atoms with E-state index in [9.17, 15) is 23.2 Å². The maximum Gasteiger partial charge on any atom is 0.374 e. The summed E-state index contributed by atoms with van der Waals surface area (Å²) in [5.41, 5.74) is -0.216. The number of esters is 3. The molecule has 4 bridgehead atoms. The van der Waals surface area contributed by atoms with Crippen LogP contribution >= 0.6 is 0 Å². The Morgan fingerprint density at radius 2 is 1.42 bits per heavy atom. The lowest BCUT2D eigenvalue weighted by molar-refractivity contribution is -0.184. The minimum atomic E-state index is -3.26. The van der Waals surface area contributed by atoms with Crippen molar-refractivity contribution >= 4 is 17.9 Å². The van der Waals surface area contributed by atoms with Gasteiger partial charge in [0, 0.05) is 10.8 Å². The molecule has 0 aliphatic heterocycles. The summed E-state index contributed by atoms with van der Waals surface area (Å²) in [4.78, 5) is 35.3. The SMILES string of the molecule is O=C(COC(=O)C(F)F)OCC12CC3CC(C1)CC(COC(=O)C1CCCCC1)(C3)C2. The zero-order valence-electron chi connectivity index (χ0n) is 17.9. The quantitative estimate of drug-likeness (QED) is 0.417. The average Bonchev–Trinajstić information content (AvgIpc) is 2.74. The summed E-state index contributed by atoms with van der Waals surface area (Å²) in [5.74, 6) is -1.48. The summed E-state index contributed by atoms with van der Waals surface area (Å²) in [5, 5.41) is 0. The Morgan fingerprint density at radius 3 is 2.00 bits per heavy atom. The highest BCUT2D eigenvalue weighted by Gasteiger charge is 2.58. The Morgan fingerprint density at radius 1 is 0.839 bits per heavy atom. The number of hydrogen-bond acceptors (Lipinski definition) is 6. The van der Waals surface area contributed by atoms with Gasteiger partial charge >= 0.3 is 24.3 Å². The van der Waals surface area contributed by atoms with Crippen LogP contribution in [0, 0.1) is 28.6 Å². The van der Waals surface area contributed by atoms with E-state index in [4.69, 9.17) is 9.47 Å². The van der Waals surface area contributed by atoms with Gasteiger partial charge in [-0.15, -0.1) is 0 Å². The minimum absolute atomic E-state index is 0.0357. The molecule has 31 heavy (non-hydrogen) atoms. The summed E-state index contributed by atoms with van der Waals surface area (Å²) < 4.78 is 39.9. The van der Waals surface area contributed by atoms with E-state index < -0.39 is 25.0 Å². The van der Waals surface area contributed by atoms with Crippen LogP contribution in [0.3, 0.4) is 0 Å². The molecule has 5 aliphatic carbocycles. The molecule has 0 radical (unpaired) electrons. The predicted octanol–water partition coefficient (Wildman–Crippen LogP) is 4.05. The van der Waals surface area contributed by atoms with Crippen LogP contribution in [0.1, 0.15) is 70.6 Å². The van der Waals surface area contributed by atoms with Gasteiger partial charge in [-0.05, 0) is 63.2 Å². The summed E-state index contributed by atoms with van der Waals surface area (Å²) in [6.07, 6.45) is 8.00. The maximum atomic E-state index is 12.6. The third kappa shape index (κ3) is 5.20. The van der Waals surface area contributed by atoms with Gasteiger partial charge in [0.2, 0.25) is 0 Å². The molecule has 0 heterocycles.